The monoisotopic (exact) mass is 313 g/mol. The van der Waals surface area contributed by atoms with E-state index in [0.717, 1.165) is 24.2 Å². The van der Waals surface area contributed by atoms with Gasteiger partial charge in [-0.3, -0.25) is 0 Å². The molecule has 0 heterocycles. The number of hydrogen-bond donors (Lipinski definition) is 1. The molecule has 0 saturated carbocycles. The molecule has 0 fully saturated rings. The molecule has 3 heteroatoms. The average Bonchev–Trinajstić information content (AvgIpc) is 3.04. The fraction of sp³-hybridized carbons (Fsp3) is 0.400. The van der Waals surface area contributed by atoms with Crippen LogP contribution in [0.3, 0.4) is 0 Å². The molecule has 1 unspecified atom stereocenters. The summed E-state index contributed by atoms with van der Waals surface area (Å²) in [6, 6.07) is 13.1. The Hall–Kier alpha value is -1.87. The normalized spacial score (nSPS) is 14.5. The largest absolute Gasteiger partial charge is 0.494 e. The molecule has 2 aromatic carbocycles. The van der Waals surface area contributed by atoms with E-state index >= 15 is 0 Å². The van der Waals surface area contributed by atoms with Crippen molar-refractivity contribution in [3.05, 3.63) is 65.0 Å². The van der Waals surface area contributed by atoms with Crippen LogP contribution in [0.15, 0.2) is 42.5 Å². The zero-order valence-electron chi connectivity index (χ0n) is 13.4. The molecule has 0 saturated heterocycles. The van der Waals surface area contributed by atoms with Crippen LogP contribution in [0.25, 0.3) is 0 Å². The molecule has 2 N–H and O–H groups in total. The second-order valence-corrected chi connectivity index (χ2v) is 6.26. The van der Waals surface area contributed by atoms with E-state index in [4.69, 9.17) is 10.5 Å². The lowest BCUT2D eigenvalue weighted by atomic mass is 9.94. The van der Waals surface area contributed by atoms with Gasteiger partial charge in [0.15, 0.2) is 0 Å². The Morgan fingerprint density at radius 3 is 2.61 bits per heavy atom. The first kappa shape index (κ1) is 16.0. The highest BCUT2D eigenvalue weighted by molar-refractivity contribution is 5.38. The highest BCUT2D eigenvalue weighted by Crippen LogP contribution is 2.26. The van der Waals surface area contributed by atoms with E-state index in [2.05, 4.69) is 18.2 Å². The highest BCUT2D eigenvalue weighted by atomic mass is 19.1. The van der Waals surface area contributed by atoms with Gasteiger partial charge < -0.3 is 10.5 Å². The van der Waals surface area contributed by atoms with Crippen LogP contribution in [0.5, 0.6) is 5.75 Å². The summed E-state index contributed by atoms with van der Waals surface area (Å²) in [5.41, 5.74) is 9.87. The number of rotatable bonds is 7. The molecule has 1 aliphatic carbocycles. The summed E-state index contributed by atoms with van der Waals surface area (Å²) in [5, 5.41) is 0. The molecule has 0 spiro atoms. The van der Waals surface area contributed by atoms with Gasteiger partial charge in [0.25, 0.3) is 0 Å². The van der Waals surface area contributed by atoms with Crippen molar-refractivity contribution in [3.63, 3.8) is 0 Å². The van der Waals surface area contributed by atoms with E-state index in [0.29, 0.717) is 13.2 Å². The lowest BCUT2D eigenvalue weighted by Gasteiger charge is -2.15. The molecule has 2 aromatic rings. The fourth-order valence-electron chi connectivity index (χ4n) is 3.31. The van der Waals surface area contributed by atoms with Gasteiger partial charge in [-0.25, -0.2) is 4.39 Å². The summed E-state index contributed by atoms with van der Waals surface area (Å²) < 4.78 is 18.9. The number of aryl methyl sites for hydroxylation is 2. The van der Waals surface area contributed by atoms with Crippen molar-refractivity contribution in [1.29, 1.82) is 0 Å². The molecular formula is C20H24FNO. The van der Waals surface area contributed by atoms with Crippen molar-refractivity contribution in [1.82, 2.24) is 0 Å². The Morgan fingerprint density at radius 2 is 1.83 bits per heavy atom. The lowest BCUT2D eigenvalue weighted by Crippen LogP contribution is -2.13. The van der Waals surface area contributed by atoms with Crippen molar-refractivity contribution < 1.29 is 9.13 Å². The molecule has 2 nitrogen and oxygen atoms in total. The van der Waals surface area contributed by atoms with Crippen LogP contribution in [-0.4, -0.2) is 13.2 Å². The summed E-state index contributed by atoms with van der Waals surface area (Å²) in [4.78, 5) is 0. The Kier molecular flexibility index (Phi) is 5.29. The van der Waals surface area contributed by atoms with Gasteiger partial charge in [-0.15, -0.1) is 0 Å². The third-order valence-corrected chi connectivity index (χ3v) is 4.66. The van der Waals surface area contributed by atoms with Gasteiger partial charge in [-0.2, -0.15) is 0 Å². The maximum atomic E-state index is 13.0. The maximum absolute atomic E-state index is 13.0. The summed E-state index contributed by atoms with van der Waals surface area (Å²) in [6.45, 7) is 1.26. The Labute approximate surface area is 137 Å². The van der Waals surface area contributed by atoms with Gasteiger partial charge in [-0.05, 0) is 85.5 Å². The smallest absolute Gasteiger partial charge is 0.123 e. The topological polar surface area (TPSA) is 35.2 Å². The van der Waals surface area contributed by atoms with Crippen LogP contribution in [0.4, 0.5) is 4.39 Å². The zero-order chi connectivity index (χ0) is 16.1. The van der Waals surface area contributed by atoms with Crippen LogP contribution in [-0.2, 0) is 12.8 Å². The number of hydrogen-bond acceptors (Lipinski definition) is 2. The molecule has 0 bridgehead atoms. The minimum atomic E-state index is -0.204. The number of halogens is 1. The molecule has 0 amide bonds. The maximum Gasteiger partial charge on any atom is 0.123 e. The quantitative estimate of drug-likeness (QED) is 0.777. The van der Waals surface area contributed by atoms with Crippen molar-refractivity contribution >= 4 is 0 Å². The minimum absolute atomic E-state index is 0.204. The molecule has 1 atom stereocenters. The number of ether oxygens (including phenoxy) is 1. The van der Waals surface area contributed by atoms with Gasteiger partial charge in [-0.1, -0.05) is 18.2 Å². The fourth-order valence-corrected chi connectivity index (χ4v) is 3.31. The summed E-state index contributed by atoms with van der Waals surface area (Å²) >= 11 is 0. The van der Waals surface area contributed by atoms with Crippen LogP contribution in [0.2, 0.25) is 0 Å². The van der Waals surface area contributed by atoms with Gasteiger partial charge in [0.1, 0.15) is 11.6 Å². The van der Waals surface area contributed by atoms with Crippen molar-refractivity contribution in [2.24, 2.45) is 5.73 Å². The third kappa shape index (κ3) is 4.11. The summed E-state index contributed by atoms with van der Waals surface area (Å²) in [6.07, 6.45) is 5.52. The van der Waals surface area contributed by atoms with E-state index in [1.165, 1.54) is 42.5 Å². The Morgan fingerprint density at radius 1 is 1.04 bits per heavy atom. The summed E-state index contributed by atoms with van der Waals surface area (Å²) in [5.74, 6) is 1.03. The van der Waals surface area contributed by atoms with E-state index in [9.17, 15) is 4.39 Å². The van der Waals surface area contributed by atoms with Crippen LogP contribution in [0, 0.1) is 5.82 Å². The number of fused-ring (bicyclic) bond motifs is 1. The third-order valence-electron chi connectivity index (χ3n) is 4.66. The first-order chi connectivity index (χ1) is 11.3. The second-order valence-electron chi connectivity index (χ2n) is 6.26. The Bertz CT molecular complexity index is 639. The molecule has 0 aromatic heterocycles. The summed E-state index contributed by atoms with van der Waals surface area (Å²) in [7, 11) is 0. The van der Waals surface area contributed by atoms with Crippen LogP contribution >= 0.6 is 0 Å². The molecule has 1 aliphatic rings. The van der Waals surface area contributed by atoms with E-state index in [-0.39, 0.29) is 11.7 Å². The van der Waals surface area contributed by atoms with E-state index < -0.39 is 0 Å². The minimum Gasteiger partial charge on any atom is -0.494 e. The standard InChI is InChI=1S/C20H24FNO/c21-19-9-6-16(7-10-19)18(14-22)5-2-12-23-20-11-8-15-3-1-4-17(15)13-20/h6-11,13,18H,1-5,12,14,22H2. The molecular weight excluding hydrogens is 289 g/mol. The van der Waals surface area contributed by atoms with Crippen LogP contribution in [0.1, 0.15) is 41.9 Å². The van der Waals surface area contributed by atoms with E-state index in [1.54, 1.807) is 0 Å². The Balaban J connectivity index is 1.47. The van der Waals surface area contributed by atoms with Crippen molar-refractivity contribution in [2.45, 2.75) is 38.0 Å². The zero-order valence-corrected chi connectivity index (χ0v) is 13.4. The van der Waals surface area contributed by atoms with Crippen molar-refractivity contribution in [2.75, 3.05) is 13.2 Å². The van der Waals surface area contributed by atoms with Gasteiger partial charge in [0.05, 0.1) is 6.61 Å². The molecule has 23 heavy (non-hydrogen) atoms. The van der Waals surface area contributed by atoms with Gasteiger partial charge in [0, 0.05) is 0 Å². The van der Waals surface area contributed by atoms with Gasteiger partial charge in [0.2, 0.25) is 0 Å². The first-order valence-corrected chi connectivity index (χ1v) is 8.46. The highest BCUT2D eigenvalue weighted by Gasteiger charge is 2.12. The SMILES string of the molecule is NCC(CCCOc1ccc2c(c1)CCC2)c1ccc(F)cc1. The number of nitrogens with two attached hydrogens (primary N) is 1. The molecule has 0 radical (unpaired) electrons. The predicted octanol–water partition coefficient (Wildman–Crippen LogP) is 4.22. The predicted molar refractivity (Wildman–Crippen MR) is 91.4 cm³/mol. The first-order valence-electron chi connectivity index (χ1n) is 8.46. The van der Waals surface area contributed by atoms with Crippen LogP contribution < -0.4 is 10.5 Å². The number of benzene rings is 2. The second kappa shape index (κ2) is 7.60. The lowest BCUT2D eigenvalue weighted by molar-refractivity contribution is 0.301. The molecule has 3 rings (SSSR count). The molecule has 122 valence electrons. The van der Waals surface area contributed by atoms with Crippen molar-refractivity contribution in [3.8, 4) is 5.75 Å². The molecule has 0 aliphatic heterocycles. The van der Waals surface area contributed by atoms with E-state index in [1.807, 2.05) is 12.1 Å². The average molecular weight is 313 g/mol. The van der Waals surface area contributed by atoms with Gasteiger partial charge >= 0.3 is 0 Å².